The molecule has 0 spiro atoms. The number of benzene rings is 3. The number of carbonyl (C=O) groups is 2. The van der Waals surface area contributed by atoms with Gasteiger partial charge < -0.3 is 30.0 Å². The summed E-state index contributed by atoms with van der Waals surface area (Å²) in [6.45, 7) is 0.204. The smallest absolute Gasteiger partial charge is 0.323 e. The molecule has 1 unspecified atom stereocenters. The monoisotopic (exact) mass is 555 g/mol. The number of ether oxygens (including phenoxy) is 4. The number of anilines is 1. The van der Waals surface area contributed by atoms with Gasteiger partial charge in [0, 0.05) is 35.3 Å². The van der Waals surface area contributed by atoms with Gasteiger partial charge in [-0.25, -0.2) is 0 Å². The Balaban J connectivity index is 1.24. The first-order valence-corrected chi connectivity index (χ1v) is 13.7. The zero-order chi connectivity index (χ0) is 28.6. The third-order valence-corrected chi connectivity index (χ3v) is 6.94. The summed E-state index contributed by atoms with van der Waals surface area (Å²) in [5.74, 6) is 1.56. The van der Waals surface area contributed by atoms with Crippen LogP contribution in [0, 0.1) is 0 Å². The van der Waals surface area contributed by atoms with Crippen LogP contribution in [-0.4, -0.2) is 42.7 Å². The largest absolute Gasteiger partial charge is 0.493 e. The molecular formula is C32H33N3O6. The number of amides is 1. The number of carbonyl (C=O) groups excluding carboxylic acids is 2. The second-order valence-corrected chi connectivity index (χ2v) is 9.86. The van der Waals surface area contributed by atoms with E-state index in [1.165, 1.54) is 0 Å². The van der Waals surface area contributed by atoms with E-state index in [9.17, 15) is 9.59 Å². The van der Waals surface area contributed by atoms with Crippen molar-refractivity contribution >= 4 is 28.5 Å². The van der Waals surface area contributed by atoms with Gasteiger partial charge >= 0.3 is 5.97 Å². The van der Waals surface area contributed by atoms with Crippen molar-refractivity contribution in [2.24, 2.45) is 5.73 Å². The lowest BCUT2D eigenvalue weighted by Crippen LogP contribution is -2.35. The normalized spacial score (nSPS) is 13.9. The number of pyridine rings is 1. The van der Waals surface area contributed by atoms with Crippen molar-refractivity contribution in [3.63, 3.8) is 0 Å². The standard InChI is InChI=1S/C32H33N3O6/c1-38-29-20-27-25(19-30(29)39-18-16-26(33)32(37)41-23-9-5-6-10-23)28(15-17-34-27)40-24-13-11-22(12-14-24)35-31(36)21-7-3-2-4-8-21/h2-4,7-8,11-15,17,19-20,23,26H,5-6,9-10,16,18,33H2,1H3,(H,35,36). The molecule has 3 N–H and O–H groups in total. The van der Waals surface area contributed by atoms with Crippen molar-refractivity contribution in [1.82, 2.24) is 4.98 Å². The summed E-state index contributed by atoms with van der Waals surface area (Å²) >= 11 is 0. The summed E-state index contributed by atoms with van der Waals surface area (Å²) in [4.78, 5) is 29.2. The summed E-state index contributed by atoms with van der Waals surface area (Å²) in [7, 11) is 1.55. The highest BCUT2D eigenvalue weighted by Gasteiger charge is 2.23. The molecule has 1 aromatic heterocycles. The molecular weight excluding hydrogens is 522 g/mol. The van der Waals surface area contributed by atoms with E-state index in [0.717, 1.165) is 31.1 Å². The first kappa shape index (κ1) is 27.9. The highest BCUT2D eigenvalue weighted by atomic mass is 16.5. The molecule has 212 valence electrons. The number of nitrogens with zero attached hydrogens (tertiary/aromatic N) is 1. The quantitative estimate of drug-likeness (QED) is 0.220. The van der Waals surface area contributed by atoms with Crippen LogP contribution in [0.3, 0.4) is 0 Å². The molecule has 5 rings (SSSR count). The Kier molecular flexibility index (Phi) is 8.95. The van der Waals surface area contributed by atoms with Crippen LogP contribution in [-0.2, 0) is 9.53 Å². The maximum atomic E-state index is 12.4. The Morgan fingerprint density at radius 2 is 1.73 bits per heavy atom. The Morgan fingerprint density at radius 1 is 0.976 bits per heavy atom. The Labute approximate surface area is 238 Å². The summed E-state index contributed by atoms with van der Waals surface area (Å²) in [6.07, 6.45) is 5.89. The minimum absolute atomic E-state index is 0.0229. The van der Waals surface area contributed by atoms with Crippen molar-refractivity contribution in [1.29, 1.82) is 0 Å². The average Bonchev–Trinajstić information content (AvgIpc) is 3.51. The summed E-state index contributed by atoms with van der Waals surface area (Å²) in [6, 6.07) is 20.7. The summed E-state index contributed by atoms with van der Waals surface area (Å²) in [5.41, 5.74) is 7.95. The molecule has 1 heterocycles. The lowest BCUT2D eigenvalue weighted by Gasteiger charge is -2.17. The topological polar surface area (TPSA) is 122 Å². The first-order chi connectivity index (χ1) is 20.0. The number of methoxy groups -OCH3 is 1. The molecule has 0 bridgehead atoms. The molecule has 1 atom stereocenters. The predicted octanol–water partition coefficient (Wildman–Crippen LogP) is 5.87. The second-order valence-electron chi connectivity index (χ2n) is 9.86. The van der Waals surface area contributed by atoms with Crippen molar-refractivity contribution < 1.29 is 28.5 Å². The highest BCUT2D eigenvalue weighted by Crippen LogP contribution is 2.37. The van der Waals surface area contributed by atoms with Crippen molar-refractivity contribution in [3.05, 3.63) is 84.6 Å². The summed E-state index contributed by atoms with van der Waals surface area (Å²) in [5, 5.41) is 3.60. The molecule has 1 saturated carbocycles. The van der Waals surface area contributed by atoms with Gasteiger partial charge in [0.15, 0.2) is 11.5 Å². The molecule has 3 aromatic carbocycles. The third-order valence-electron chi connectivity index (χ3n) is 6.94. The zero-order valence-corrected chi connectivity index (χ0v) is 22.9. The molecule has 1 aliphatic carbocycles. The lowest BCUT2D eigenvalue weighted by atomic mass is 10.1. The van der Waals surface area contributed by atoms with Gasteiger partial charge in [-0.2, -0.15) is 0 Å². The molecule has 0 aliphatic heterocycles. The molecule has 41 heavy (non-hydrogen) atoms. The number of hydrogen-bond acceptors (Lipinski definition) is 8. The number of nitrogens with two attached hydrogens (primary N) is 1. The number of hydrogen-bond donors (Lipinski definition) is 2. The fourth-order valence-corrected chi connectivity index (χ4v) is 4.69. The Hall–Kier alpha value is -4.63. The van der Waals surface area contributed by atoms with Crippen LogP contribution in [0.5, 0.6) is 23.0 Å². The predicted molar refractivity (Wildman–Crippen MR) is 156 cm³/mol. The minimum atomic E-state index is -0.761. The van der Waals surface area contributed by atoms with Crippen molar-refractivity contribution in [2.45, 2.75) is 44.2 Å². The van der Waals surface area contributed by atoms with Crippen LogP contribution in [0.2, 0.25) is 0 Å². The van der Waals surface area contributed by atoms with Crippen molar-refractivity contribution in [2.75, 3.05) is 19.0 Å². The van der Waals surface area contributed by atoms with E-state index < -0.39 is 12.0 Å². The second kappa shape index (κ2) is 13.1. The Bertz CT molecular complexity index is 1490. The van der Waals surface area contributed by atoms with Crippen LogP contribution >= 0.6 is 0 Å². The van der Waals surface area contributed by atoms with Gasteiger partial charge in [-0.1, -0.05) is 18.2 Å². The van der Waals surface area contributed by atoms with E-state index in [-0.39, 0.29) is 18.6 Å². The number of fused-ring (bicyclic) bond motifs is 1. The van der Waals surface area contributed by atoms with E-state index in [0.29, 0.717) is 46.2 Å². The van der Waals surface area contributed by atoms with Crippen LogP contribution in [0.15, 0.2) is 79.0 Å². The lowest BCUT2D eigenvalue weighted by molar-refractivity contribution is -0.150. The van der Waals surface area contributed by atoms with E-state index in [4.69, 9.17) is 24.7 Å². The maximum Gasteiger partial charge on any atom is 0.323 e. The number of nitrogens with one attached hydrogen (secondary N) is 1. The van der Waals surface area contributed by atoms with Gasteiger partial charge in [0.2, 0.25) is 0 Å². The molecule has 0 saturated heterocycles. The minimum Gasteiger partial charge on any atom is -0.493 e. The third kappa shape index (κ3) is 7.12. The van der Waals surface area contributed by atoms with Gasteiger partial charge in [0.1, 0.15) is 23.6 Å². The molecule has 1 fully saturated rings. The van der Waals surface area contributed by atoms with E-state index in [1.54, 1.807) is 67.9 Å². The van der Waals surface area contributed by atoms with E-state index in [2.05, 4.69) is 10.3 Å². The van der Waals surface area contributed by atoms with Crippen LogP contribution in [0.1, 0.15) is 42.5 Å². The van der Waals surface area contributed by atoms with Gasteiger partial charge in [-0.15, -0.1) is 0 Å². The van der Waals surface area contributed by atoms with E-state index in [1.807, 2.05) is 18.2 Å². The molecule has 0 radical (unpaired) electrons. The molecule has 9 heteroatoms. The SMILES string of the molecule is COc1cc2nccc(Oc3ccc(NC(=O)c4ccccc4)cc3)c2cc1OCCC(N)C(=O)OC1CCCC1. The van der Waals surface area contributed by atoms with Gasteiger partial charge in [-0.05, 0) is 74.2 Å². The molecule has 1 amide bonds. The zero-order valence-electron chi connectivity index (χ0n) is 22.9. The maximum absolute atomic E-state index is 12.4. The first-order valence-electron chi connectivity index (χ1n) is 13.7. The van der Waals surface area contributed by atoms with Crippen molar-refractivity contribution in [3.8, 4) is 23.0 Å². The van der Waals surface area contributed by atoms with Gasteiger partial charge in [0.25, 0.3) is 5.91 Å². The number of rotatable bonds is 11. The molecule has 1 aliphatic rings. The number of esters is 1. The number of aromatic nitrogens is 1. The molecule has 4 aromatic rings. The fourth-order valence-electron chi connectivity index (χ4n) is 4.69. The Morgan fingerprint density at radius 3 is 2.46 bits per heavy atom. The van der Waals surface area contributed by atoms with Crippen LogP contribution in [0.4, 0.5) is 5.69 Å². The van der Waals surface area contributed by atoms with Crippen LogP contribution in [0.25, 0.3) is 10.9 Å². The van der Waals surface area contributed by atoms with Gasteiger partial charge in [0.05, 0.1) is 19.2 Å². The summed E-state index contributed by atoms with van der Waals surface area (Å²) < 4.78 is 23.2. The highest BCUT2D eigenvalue weighted by molar-refractivity contribution is 6.04. The molecule has 9 nitrogen and oxygen atoms in total. The van der Waals surface area contributed by atoms with Crippen LogP contribution < -0.4 is 25.3 Å². The van der Waals surface area contributed by atoms with E-state index >= 15 is 0 Å². The fraction of sp³-hybridized carbons (Fsp3) is 0.281. The van der Waals surface area contributed by atoms with Gasteiger partial charge in [-0.3, -0.25) is 14.6 Å². The average molecular weight is 556 g/mol.